The van der Waals surface area contributed by atoms with Crippen molar-refractivity contribution in [2.45, 2.75) is 12.1 Å². The van der Waals surface area contributed by atoms with Crippen molar-refractivity contribution in [3.05, 3.63) is 151 Å². The van der Waals surface area contributed by atoms with Gasteiger partial charge in [-0.3, -0.25) is 4.90 Å². The van der Waals surface area contributed by atoms with Gasteiger partial charge in [-0.05, 0) is 53.2 Å². The van der Waals surface area contributed by atoms with E-state index in [1.54, 1.807) is 0 Å². The zero-order valence-electron chi connectivity index (χ0n) is 22.2. The maximum atomic E-state index is 6.68. The topological polar surface area (TPSA) is 32.5 Å². The van der Waals surface area contributed by atoms with E-state index in [1.165, 1.54) is 33.3 Å². The Hall–Kier alpha value is -5.35. The lowest BCUT2D eigenvalue weighted by molar-refractivity contribution is 0.580. The Kier molecular flexibility index (Phi) is 4.70. The highest BCUT2D eigenvalue weighted by molar-refractivity contribution is 5.94. The van der Waals surface area contributed by atoms with Crippen LogP contribution in [-0.2, 0) is 0 Å². The number of aromatic nitrogens is 1. The second-order valence-electron chi connectivity index (χ2n) is 10.8. The molecule has 5 aromatic carbocycles. The number of rotatable bonds is 3. The van der Waals surface area contributed by atoms with Crippen molar-refractivity contribution in [3.8, 4) is 11.3 Å². The summed E-state index contributed by atoms with van der Waals surface area (Å²) in [4.78, 5) is 10.1. The number of hydrogen-bond acceptors (Lipinski definition) is 4. The van der Waals surface area contributed by atoms with Crippen molar-refractivity contribution < 1.29 is 4.42 Å². The van der Waals surface area contributed by atoms with Gasteiger partial charge in [-0.25, -0.2) is 4.98 Å². The highest BCUT2D eigenvalue weighted by Gasteiger charge is 2.53. The van der Waals surface area contributed by atoms with Crippen LogP contribution in [0.4, 0.5) is 23.1 Å². The predicted octanol–water partition coefficient (Wildman–Crippen LogP) is 9.73. The molecule has 0 saturated heterocycles. The van der Waals surface area contributed by atoms with Gasteiger partial charge in [0.2, 0.25) is 5.88 Å². The third-order valence-electron chi connectivity index (χ3n) is 8.56. The third-order valence-corrected chi connectivity index (χ3v) is 8.56. The summed E-state index contributed by atoms with van der Waals surface area (Å²) in [6, 6.07) is 49.2. The Morgan fingerprint density at radius 3 is 2.29 bits per heavy atom. The molecule has 0 radical (unpaired) electrons. The van der Waals surface area contributed by atoms with Gasteiger partial charge >= 0.3 is 0 Å². The number of anilines is 4. The Morgan fingerprint density at radius 2 is 1.37 bits per heavy atom. The van der Waals surface area contributed by atoms with Crippen LogP contribution in [0, 0.1) is 0 Å². The summed E-state index contributed by atoms with van der Waals surface area (Å²) in [5.41, 5.74) is 7.82. The first-order chi connectivity index (χ1) is 20.3. The van der Waals surface area contributed by atoms with Gasteiger partial charge in [0.15, 0.2) is 0 Å². The zero-order chi connectivity index (χ0) is 26.9. The number of fused-ring (bicyclic) bond motifs is 8. The fourth-order valence-corrected chi connectivity index (χ4v) is 6.83. The van der Waals surface area contributed by atoms with Crippen LogP contribution < -0.4 is 9.80 Å². The fourth-order valence-electron chi connectivity index (χ4n) is 6.83. The van der Waals surface area contributed by atoms with E-state index < -0.39 is 0 Å². The monoisotopic (exact) mass is 527 g/mol. The third kappa shape index (κ3) is 3.25. The molecular weight excluding hydrogens is 502 g/mol. The molecule has 2 aromatic heterocycles. The SMILES string of the molecule is c1ccc(N2c3ccccc3C3C2c2c(oc4ccccc24)N3c2cccc(-c3ccc4ccccc4c3)n2)cc1. The van der Waals surface area contributed by atoms with E-state index in [9.17, 15) is 0 Å². The molecule has 0 aliphatic carbocycles. The van der Waals surface area contributed by atoms with E-state index in [4.69, 9.17) is 9.40 Å². The number of nitrogens with zero attached hydrogens (tertiary/aromatic N) is 3. The molecule has 4 heteroatoms. The van der Waals surface area contributed by atoms with Gasteiger partial charge in [0.1, 0.15) is 11.4 Å². The van der Waals surface area contributed by atoms with E-state index in [2.05, 4.69) is 143 Å². The lowest BCUT2D eigenvalue weighted by Gasteiger charge is -2.29. The quantitative estimate of drug-likeness (QED) is 0.229. The van der Waals surface area contributed by atoms with Crippen molar-refractivity contribution in [1.29, 1.82) is 0 Å². The summed E-state index contributed by atoms with van der Waals surface area (Å²) in [7, 11) is 0. The summed E-state index contributed by atoms with van der Waals surface area (Å²) in [5.74, 6) is 1.76. The van der Waals surface area contributed by atoms with Crippen LogP contribution >= 0.6 is 0 Å². The fraction of sp³-hybridized carbons (Fsp3) is 0.0541. The number of pyridine rings is 1. The van der Waals surface area contributed by atoms with Gasteiger partial charge in [-0.2, -0.15) is 0 Å². The molecule has 7 aromatic rings. The van der Waals surface area contributed by atoms with E-state index >= 15 is 0 Å². The second kappa shape index (κ2) is 8.57. The van der Waals surface area contributed by atoms with Crippen LogP contribution in [0.3, 0.4) is 0 Å². The summed E-state index contributed by atoms with van der Waals surface area (Å²) >= 11 is 0. The second-order valence-corrected chi connectivity index (χ2v) is 10.8. The van der Waals surface area contributed by atoms with Crippen molar-refractivity contribution in [2.75, 3.05) is 9.80 Å². The van der Waals surface area contributed by atoms with Gasteiger partial charge in [-0.15, -0.1) is 0 Å². The van der Waals surface area contributed by atoms with Crippen LogP contribution in [0.25, 0.3) is 33.0 Å². The first-order valence-electron chi connectivity index (χ1n) is 14.1. The zero-order valence-corrected chi connectivity index (χ0v) is 22.2. The Labute approximate surface area is 237 Å². The molecule has 194 valence electrons. The average molecular weight is 528 g/mol. The minimum atomic E-state index is 0.0177. The van der Waals surface area contributed by atoms with Gasteiger partial charge in [0.25, 0.3) is 0 Å². The highest BCUT2D eigenvalue weighted by Crippen LogP contribution is 2.64. The lowest BCUT2D eigenvalue weighted by atomic mass is 9.99. The first kappa shape index (κ1) is 22.5. The minimum Gasteiger partial charge on any atom is -0.440 e. The average Bonchev–Trinajstić information content (AvgIpc) is 3.67. The molecular formula is C37H25N3O. The van der Waals surface area contributed by atoms with E-state index in [0.29, 0.717) is 0 Å². The number of hydrogen-bond donors (Lipinski definition) is 0. The normalized spacial score (nSPS) is 17.2. The highest BCUT2D eigenvalue weighted by atomic mass is 16.4. The van der Waals surface area contributed by atoms with Crippen LogP contribution in [0.1, 0.15) is 23.2 Å². The molecule has 0 N–H and O–H groups in total. The Morgan fingerprint density at radius 1 is 0.585 bits per heavy atom. The molecule has 0 amide bonds. The molecule has 4 heterocycles. The van der Waals surface area contributed by atoms with Crippen LogP contribution in [-0.4, -0.2) is 4.98 Å². The smallest absolute Gasteiger partial charge is 0.208 e. The minimum absolute atomic E-state index is 0.0177. The Bertz CT molecular complexity index is 2100. The molecule has 0 fully saturated rings. The van der Waals surface area contributed by atoms with E-state index in [-0.39, 0.29) is 12.1 Å². The van der Waals surface area contributed by atoms with Crippen molar-refractivity contribution in [1.82, 2.24) is 4.98 Å². The maximum Gasteiger partial charge on any atom is 0.208 e. The lowest BCUT2D eigenvalue weighted by Crippen LogP contribution is -2.25. The van der Waals surface area contributed by atoms with Gasteiger partial charge in [0.05, 0.1) is 17.8 Å². The van der Waals surface area contributed by atoms with Crippen molar-refractivity contribution in [2.24, 2.45) is 0 Å². The number of para-hydroxylation sites is 3. The van der Waals surface area contributed by atoms with Gasteiger partial charge < -0.3 is 9.32 Å². The number of furan rings is 1. The largest absolute Gasteiger partial charge is 0.440 e. The first-order valence-corrected chi connectivity index (χ1v) is 14.1. The number of benzene rings is 5. The molecule has 9 rings (SSSR count). The van der Waals surface area contributed by atoms with E-state index in [0.717, 1.165) is 33.9 Å². The molecule has 0 bridgehead atoms. The molecule has 2 aliphatic heterocycles. The molecule has 2 unspecified atom stereocenters. The summed E-state index contributed by atoms with van der Waals surface area (Å²) in [6.07, 6.45) is 0. The molecule has 0 spiro atoms. The molecule has 0 saturated carbocycles. The van der Waals surface area contributed by atoms with Crippen molar-refractivity contribution >= 4 is 44.8 Å². The van der Waals surface area contributed by atoms with Gasteiger partial charge in [0, 0.05) is 33.5 Å². The standard InChI is InChI=1S/C37H25N3O/c1-2-13-27(14-3-1)39-31-18-8-6-15-28(31)35-36(39)34-29-16-7-9-19-32(29)41-37(34)40(35)33-20-10-17-30(38-33)26-22-21-24-11-4-5-12-25(24)23-26/h1-23,35-36H. The molecule has 4 nitrogen and oxygen atoms in total. The van der Waals surface area contributed by atoms with Gasteiger partial charge in [-0.1, -0.05) is 97.1 Å². The molecule has 2 aliphatic rings. The van der Waals surface area contributed by atoms with Crippen molar-refractivity contribution in [3.63, 3.8) is 0 Å². The molecule has 41 heavy (non-hydrogen) atoms. The summed E-state index contributed by atoms with van der Waals surface area (Å²) in [5, 5.41) is 3.59. The summed E-state index contributed by atoms with van der Waals surface area (Å²) in [6.45, 7) is 0. The maximum absolute atomic E-state index is 6.68. The van der Waals surface area contributed by atoms with Crippen LogP contribution in [0.5, 0.6) is 0 Å². The summed E-state index contributed by atoms with van der Waals surface area (Å²) < 4.78 is 6.68. The van der Waals surface area contributed by atoms with Crippen LogP contribution in [0.2, 0.25) is 0 Å². The van der Waals surface area contributed by atoms with Crippen LogP contribution in [0.15, 0.2) is 144 Å². The Balaban J connectivity index is 1.27. The predicted molar refractivity (Wildman–Crippen MR) is 166 cm³/mol. The molecule has 2 atom stereocenters. The van der Waals surface area contributed by atoms with E-state index in [1.807, 2.05) is 6.07 Å².